The Hall–Kier alpha value is 0. The van der Waals surface area contributed by atoms with Crippen LogP contribution in [0.25, 0.3) is 0 Å². The van der Waals surface area contributed by atoms with Crippen LogP contribution in [0.3, 0.4) is 0 Å². The smallest absolute Gasteiger partial charge is 0.0354 e. The molecule has 0 heteroatoms. The standard InChI is InChI=1S/7C7H14.5C7H16/c1-6-3-4-7(2)5-6;1-7(2)5-3-4-6-7;1-6-4-3-5-7(6)2;1-6(2)7-4-3-5-7;1-7-5-3-2-4-6-7;1-2-7-5-3-4-6-7;1-2-4-7-5-3-6-7;1-6(2)7(3,4)5;1-5-7(3,4)6-2;2*1-5-7(4)6(2)3;1-4-6-7(3)5-2/h6-7H,3-5H2,1-2H3;3-6H2,1-2H3;2*6-7H,3-5H2,1-2H3;3*7H,2-6H2,1H3;6H,1-5H3;5-6H2,1-4H3;2*6-7H,5H2,1-4H3;7H,4-6H2,1-3H3/t6-,7?;;6-,7?;;;;;;;;;/m1.1........./s1. The van der Waals surface area contributed by atoms with E-state index in [1.54, 1.807) is 0 Å². The minimum atomic E-state index is 0.500. The third-order valence-electron chi connectivity index (χ3n) is 22.9. The molecule has 7 aliphatic carbocycles. The molecular formula is C84H178. The summed E-state index contributed by atoms with van der Waals surface area (Å²) in [6.07, 6.45) is 50.8. The van der Waals surface area contributed by atoms with Gasteiger partial charge in [0.1, 0.15) is 0 Å². The summed E-state index contributed by atoms with van der Waals surface area (Å²) in [6.45, 7) is 71.1. The van der Waals surface area contributed by atoms with Crippen LogP contribution in [0.4, 0.5) is 0 Å². The summed E-state index contributed by atoms with van der Waals surface area (Å²) < 4.78 is 0. The first kappa shape index (κ1) is 92.7. The van der Waals surface area contributed by atoms with Crippen molar-refractivity contribution in [1.29, 1.82) is 0 Å². The molecule has 0 heterocycles. The highest BCUT2D eigenvalue weighted by Crippen LogP contribution is 2.37. The van der Waals surface area contributed by atoms with Crippen molar-refractivity contribution in [2.45, 2.75) is 439 Å². The maximum Gasteiger partial charge on any atom is -0.0354 e. The van der Waals surface area contributed by atoms with Crippen LogP contribution in [0, 0.1) is 105 Å². The third-order valence-corrected chi connectivity index (χ3v) is 22.9. The zero-order chi connectivity index (χ0) is 65.9. The van der Waals surface area contributed by atoms with Gasteiger partial charge in [-0.2, -0.15) is 0 Å². The quantitative estimate of drug-likeness (QED) is 0.172. The van der Waals surface area contributed by atoms with E-state index in [1.807, 2.05) is 0 Å². The van der Waals surface area contributed by atoms with E-state index in [0.29, 0.717) is 16.2 Å². The van der Waals surface area contributed by atoms with Crippen LogP contribution in [-0.2, 0) is 0 Å². The second-order valence-corrected chi connectivity index (χ2v) is 34.1. The first-order valence-electron chi connectivity index (χ1n) is 39.1. The molecule has 7 aliphatic rings. The Bertz CT molecular complexity index is 1170. The molecule has 0 aromatic heterocycles. The van der Waals surface area contributed by atoms with Crippen molar-refractivity contribution >= 4 is 0 Å². The second kappa shape index (κ2) is 58.1. The summed E-state index contributed by atoms with van der Waals surface area (Å²) >= 11 is 0. The number of rotatable bonds is 13. The van der Waals surface area contributed by atoms with Crippen molar-refractivity contribution in [1.82, 2.24) is 0 Å². The van der Waals surface area contributed by atoms with Crippen LogP contribution in [0.5, 0.6) is 0 Å². The minimum absolute atomic E-state index is 0.500. The highest BCUT2D eigenvalue weighted by atomic mass is 14.3. The van der Waals surface area contributed by atoms with Gasteiger partial charge in [-0.3, -0.25) is 0 Å². The number of hydrogen-bond donors (Lipinski definition) is 0. The maximum atomic E-state index is 2.36. The predicted molar refractivity (Wildman–Crippen MR) is 397 cm³/mol. The highest BCUT2D eigenvalue weighted by molar-refractivity contribution is 4.75. The molecule has 0 aromatic rings. The molecule has 7 fully saturated rings. The Morgan fingerprint density at radius 2 is 0.786 bits per heavy atom. The molecule has 0 bridgehead atoms. The lowest BCUT2D eigenvalue weighted by atomic mass is 9.78. The summed E-state index contributed by atoms with van der Waals surface area (Å²) in [4.78, 5) is 0. The third kappa shape index (κ3) is 62.2. The van der Waals surface area contributed by atoms with Crippen LogP contribution in [0.2, 0.25) is 0 Å². The fraction of sp³-hybridized carbons (Fsp3) is 1.00. The molecule has 7 atom stereocenters. The van der Waals surface area contributed by atoms with E-state index < -0.39 is 0 Å². The lowest BCUT2D eigenvalue weighted by Crippen LogP contribution is -2.16. The van der Waals surface area contributed by atoms with Gasteiger partial charge in [-0.25, -0.2) is 0 Å². The average Bonchev–Trinajstić information content (AvgIpc) is 4.27. The molecule has 0 nitrogen and oxygen atoms in total. The molecule has 0 spiro atoms. The zero-order valence-electron chi connectivity index (χ0n) is 65.9. The first-order valence-corrected chi connectivity index (χ1v) is 39.1. The van der Waals surface area contributed by atoms with E-state index >= 15 is 0 Å². The van der Waals surface area contributed by atoms with E-state index in [4.69, 9.17) is 0 Å². The molecule has 7 rings (SSSR count). The van der Waals surface area contributed by atoms with E-state index in [9.17, 15) is 0 Å². The van der Waals surface area contributed by atoms with E-state index in [1.165, 1.54) is 225 Å². The van der Waals surface area contributed by atoms with Crippen LogP contribution in [0.1, 0.15) is 439 Å². The lowest BCUT2D eigenvalue weighted by molar-refractivity contribution is 0.235. The summed E-state index contributed by atoms with van der Waals surface area (Å²) in [5.74, 6) is 14.7. The summed E-state index contributed by atoms with van der Waals surface area (Å²) in [5.41, 5.74) is 1.78. The van der Waals surface area contributed by atoms with Gasteiger partial charge >= 0.3 is 0 Å². The van der Waals surface area contributed by atoms with E-state index in [0.717, 1.165) is 88.8 Å². The van der Waals surface area contributed by atoms with Crippen LogP contribution in [-0.4, -0.2) is 0 Å². The fourth-order valence-corrected chi connectivity index (χ4v) is 11.1. The van der Waals surface area contributed by atoms with Crippen LogP contribution in [0.15, 0.2) is 0 Å². The number of hydrogen-bond acceptors (Lipinski definition) is 0. The highest BCUT2D eigenvalue weighted by Gasteiger charge is 2.23. The fourth-order valence-electron chi connectivity index (χ4n) is 11.1. The molecule has 0 aliphatic heterocycles. The van der Waals surface area contributed by atoms with Crippen molar-refractivity contribution in [3.63, 3.8) is 0 Å². The molecule has 0 saturated heterocycles. The second-order valence-electron chi connectivity index (χ2n) is 34.1. The van der Waals surface area contributed by atoms with Crippen molar-refractivity contribution in [3.05, 3.63) is 0 Å². The van der Waals surface area contributed by atoms with Crippen molar-refractivity contribution in [3.8, 4) is 0 Å². The van der Waals surface area contributed by atoms with Gasteiger partial charge in [-0.05, 0) is 124 Å². The van der Waals surface area contributed by atoms with Gasteiger partial charge in [0, 0.05) is 0 Å². The molecule has 0 radical (unpaired) electrons. The largest absolute Gasteiger partial charge is 0.0654 e. The summed E-state index contributed by atoms with van der Waals surface area (Å²) in [6, 6.07) is 0. The SMILES string of the molecule is CC(C)C(C)(C)C.CC(C)C1CCC1.CC1(C)CCCC1.CC1CCCCC1.CC1CCC[C@H]1C.CC1CC[C@@H](C)C1.CCC(C)(C)CC.CCC(C)C(C)C.CCC(C)C(C)C.CCC1CCCC1.CCCC(C)CC.CCCC1CCC1. The van der Waals surface area contributed by atoms with Crippen LogP contribution < -0.4 is 0 Å². The lowest BCUT2D eigenvalue weighted by Gasteiger charge is -2.28. The Morgan fingerprint density at radius 1 is 0.405 bits per heavy atom. The Balaban J connectivity index is -0.000000270. The molecule has 0 N–H and O–H groups in total. The normalized spacial score (nSPS) is 22.9. The topological polar surface area (TPSA) is 0 Å². The van der Waals surface area contributed by atoms with Gasteiger partial charge in [0.15, 0.2) is 0 Å². The Morgan fingerprint density at radius 3 is 0.893 bits per heavy atom. The van der Waals surface area contributed by atoms with Gasteiger partial charge in [-0.15, -0.1) is 0 Å². The summed E-state index contributed by atoms with van der Waals surface area (Å²) in [7, 11) is 0. The van der Waals surface area contributed by atoms with E-state index in [2.05, 4.69) is 215 Å². The molecule has 0 aromatic carbocycles. The molecule has 5 unspecified atom stereocenters. The monoisotopic (exact) mass is 1190 g/mol. The van der Waals surface area contributed by atoms with Gasteiger partial charge in [-0.1, -0.05) is 420 Å². The maximum absolute atomic E-state index is 2.36. The molecule has 84 heavy (non-hydrogen) atoms. The van der Waals surface area contributed by atoms with Gasteiger partial charge in [0.2, 0.25) is 0 Å². The first-order chi connectivity index (χ1) is 39.1. The predicted octanol–water partition coefficient (Wildman–Crippen LogP) is 31.4. The molecule has 0 amide bonds. The Kier molecular flexibility index (Phi) is 64.1. The minimum Gasteiger partial charge on any atom is -0.0654 e. The van der Waals surface area contributed by atoms with Gasteiger partial charge in [0.05, 0.1) is 0 Å². The molecule has 514 valence electrons. The van der Waals surface area contributed by atoms with Crippen LogP contribution >= 0.6 is 0 Å². The Labute approximate surface area is 541 Å². The van der Waals surface area contributed by atoms with Gasteiger partial charge < -0.3 is 0 Å². The zero-order valence-corrected chi connectivity index (χ0v) is 65.9. The molecular weight excluding hydrogens is 1010 g/mol. The van der Waals surface area contributed by atoms with Crippen molar-refractivity contribution in [2.24, 2.45) is 105 Å². The van der Waals surface area contributed by atoms with Crippen molar-refractivity contribution in [2.75, 3.05) is 0 Å². The summed E-state index contributed by atoms with van der Waals surface area (Å²) in [5, 5.41) is 0. The average molecular weight is 1190 g/mol. The van der Waals surface area contributed by atoms with E-state index in [-0.39, 0.29) is 0 Å². The van der Waals surface area contributed by atoms with Crippen molar-refractivity contribution < 1.29 is 0 Å². The van der Waals surface area contributed by atoms with Gasteiger partial charge in [0.25, 0.3) is 0 Å². The molecule has 7 saturated carbocycles.